The van der Waals surface area contributed by atoms with E-state index in [0.717, 1.165) is 11.8 Å². The van der Waals surface area contributed by atoms with Crippen LogP contribution in [0.25, 0.3) is 0 Å². The minimum absolute atomic E-state index is 0.0199. The zero-order valence-corrected chi connectivity index (χ0v) is 54.0. The Balaban J connectivity index is 2.47. The third-order valence-electron chi connectivity index (χ3n) is 16.2. The number of unbranched alkanes of at least 4 members (excludes halogenated alkanes) is 1. The molecule has 1 heterocycles. The van der Waals surface area contributed by atoms with E-state index in [0.29, 0.717) is 24.8 Å². The highest BCUT2D eigenvalue weighted by molar-refractivity contribution is 5.99. The average molecular weight is 1300 g/mol. The predicted molar refractivity (Wildman–Crippen MR) is 336 cm³/mol. The minimum atomic E-state index is -1.84. The number of rotatable bonds is 42. The van der Waals surface area contributed by atoms with E-state index < -0.39 is 187 Å². The maximum Gasteiger partial charge on any atom is 0.326 e. The van der Waals surface area contributed by atoms with E-state index in [1.165, 1.54) is 6.92 Å². The molecule has 0 radical (unpaired) electrons. The van der Waals surface area contributed by atoms with Crippen LogP contribution in [0.1, 0.15) is 138 Å². The molecule has 1 aromatic carbocycles. The second-order valence-corrected chi connectivity index (χ2v) is 23.5. The van der Waals surface area contributed by atoms with Crippen molar-refractivity contribution in [3.05, 3.63) is 35.9 Å². The van der Waals surface area contributed by atoms with Crippen LogP contribution in [-0.2, 0) is 64.0 Å². The molecule has 0 bridgehead atoms. The second-order valence-electron chi connectivity index (χ2n) is 23.5. The van der Waals surface area contributed by atoms with Crippen molar-refractivity contribution in [1.29, 1.82) is 0 Å². The molecular formula is C60H101N15O17. The minimum Gasteiger partial charge on any atom is -0.481 e. The summed E-state index contributed by atoms with van der Waals surface area (Å²) in [5, 5.41) is 73.7. The Bertz CT molecular complexity index is 2650. The average Bonchev–Trinajstić information content (AvgIpc) is 1.62. The van der Waals surface area contributed by atoms with Gasteiger partial charge in [-0.05, 0) is 95.1 Å². The monoisotopic (exact) mass is 1300 g/mol. The molecule has 0 saturated carbocycles. The van der Waals surface area contributed by atoms with Gasteiger partial charge in [-0.2, -0.15) is 0 Å². The van der Waals surface area contributed by atoms with Crippen molar-refractivity contribution < 1.29 is 83.1 Å². The molecule has 0 unspecified atom stereocenters. The van der Waals surface area contributed by atoms with Crippen molar-refractivity contribution >= 4 is 77.0 Å². The number of nitrogens with one attached hydrogen (secondary N) is 9. The summed E-state index contributed by atoms with van der Waals surface area (Å²) in [4.78, 5) is 169. The highest BCUT2D eigenvalue weighted by Crippen LogP contribution is 2.21. The van der Waals surface area contributed by atoms with Gasteiger partial charge in [-0.1, -0.05) is 91.1 Å². The van der Waals surface area contributed by atoms with Crippen LogP contribution in [0.15, 0.2) is 35.3 Å². The van der Waals surface area contributed by atoms with Crippen LogP contribution >= 0.6 is 0 Å². The summed E-state index contributed by atoms with van der Waals surface area (Å²) in [6, 6.07) is -7.68. The van der Waals surface area contributed by atoms with E-state index in [-0.39, 0.29) is 77.0 Å². The first kappa shape index (κ1) is 80.0. The summed E-state index contributed by atoms with van der Waals surface area (Å²) in [6.07, 6.45) is -2.86. The van der Waals surface area contributed by atoms with Gasteiger partial charge in [-0.3, -0.25) is 57.7 Å². The summed E-state index contributed by atoms with van der Waals surface area (Å²) in [5.74, 6) is -13.9. The SMILES string of the molecule is CC[C@@H](C)[C@H](NC(=O)[C@@H](Cc1ccccc1)NC(=O)[C@H](NC(=O)[C@H](NC(=O)[C@@H](CCCCN)NC(=O)[C@@H](CCC(=O)O)NC(=O)[C@H](NC(=O)[C@@H]1CCCN1C(=O)[C@@H](CCCN=C(N)N)NC(=O)[C@H](N)CO)[C@@H](C)O)[C@@H](C)O)[C@@H](C)CC)C(=O)N[C@H](C(=O)O)[C@@H](C)CC. The number of carboxylic acid groups (broad SMARTS) is 2. The molecule has 1 aromatic rings. The van der Waals surface area contributed by atoms with Gasteiger partial charge in [-0.25, -0.2) is 4.79 Å². The van der Waals surface area contributed by atoms with Crippen molar-refractivity contribution in [2.24, 2.45) is 45.7 Å². The molecular weight excluding hydrogens is 1200 g/mol. The first-order valence-electron chi connectivity index (χ1n) is 31.4. The number of aliphatic hydroxyl groups excluding tert-OH is 3. The molecule has 92 heavy (non-hydrogen) atoms. The molecule has 0 aliphatic carbocycles. The molecule has 22 N–H and O–H groups in total. The van der Waals surface area contributed by atoms with Crippen LogP contribution < -0.4 is 70.8 Å². The van der Waals surface area contributed by atoms with Crippen LogP contribution in [0.3, 0.4) is 0 Å². The third kappa shape index (κ3) is 26.3. The Morgan fingerprint density at radius 1 is 0.565 bits per heavy atom. The number of benzene rings is 1. The van der Waals surface area contributed by atoms with Crippen LogP contribution in [0.5, 0.6) is 0 Å². The number of carboxylic acids is 2. The number of carbonyl (C=O) groups is 12. The highest BCUT2D eigenvalue weighted by atomic mass is 16.4. The van der Waals surface area contributed by atoms with Gasteiger partial charge in [0, 0.05) is 25.9 Å². The van der Waals surface area contributed by atoms with Crippen molar-refractivity contribution in [1.82, 2.24) is 52.8 Å². The zero-order valence-electron chi connectivity index (χ0n) is 54.0. The highest BCUT2D eigenvalue weighted by Gasteiger charge is 2.42. The molecule has 2 rings (SSSR count). The lowest BCUT2D eigenvalue weighted by Gasteiger charge is -2.31. The molecule has 32 nitrogen and oxygen atoms in total. The molecule has 1 aliphatic heterocycles. The topological polar surface area (TPSA) is 534 Å². The summed E-state index contributed by atoms with van der Waals surface area (Å²) >= 11 is 0. The van der Waals surface area contributed by atoms with E-state index in [2.05, 4.69) is 52.8 Å². The molecule has 0 spiro atoms. The molecule has 1 fully saturated rings. The van der Waals surface area contributed by atoms with Crippen molar-refractivity contribution in [2.45, 2.75) is 218 Å². The fourth-order valence-corrected chi connectivity index (χ4v) is 9.92. The van der Waals surface area contributed by atoms with E-state index in [9.17, 15) is 83.1 Å². The Morgan fingerprint density at radius 2 is 1.01 bits per heavy atom. The van der Waals surface area contributed by atoms with Gasteiger partial charge in [0.1, 0.15) is 66.5 Å². The first-order valence-corrected chi connectivity index (χ1v) is 31.4. The molecule has 16 atom stereocenters. The van der Waals surface area contributed by atoms with Crippen LogP contribution in [0.4, 0.5) is 0 Å². The number of aliphatic imine (C=N–C) groups is 1. The number of hydrogen-bond donors (Lipinski definition) is 18. The van der Waals surface area contributed by atoms with Gasteiger partial charge in [-0.15, -0.1) is 0 Å². The quantitative estimate of drug-likeness (QED) is 0.0168. The summed E-state index contributed by atoms with van der Waals surface area (Å²) in [6.45, 7) is 12.0. The van der Waals surface area contributed by atoms with Gasteiger partial charge in [0.2, 0.25) is 59.1 Å². The number of likely N-dealkylation sites (tertiary alicyclic amines) is 1. The van der Waals surface area contributed by atoms with Crippen molar-refractivity contribution in [3.63, 3.8) is 0 Å². The van der Waals surface area contributed by atoms with Crippen molar-refractivity contribution in [3.8, 4) is 0 Å². The van der Waals surface area contributed by atoms with Crippen LogP contribution in [0.2, 0.25) is 0 Å². The smallest absolute Gasteiger partial charge is 0.326 e. The molecule has 0 aromatic heterocycles. The number of hydrogen-bond acceptors (Lipinski definition) is 18. The standard InChI is InChI=1S/C60H101N15O17/c1-9-31(4)44(54(86)69-41(29-36-19-13-12-14-20-36)52(84)70-45(32(5)10-2)55(87)72-46(59(91)92)33(6)11-3)71-57(89)48(35(8)78)73-51(83)38(21-15-16-26-61)66-50(82)39(24-25-43(79)80)67-56(88)47(34(7)77)74-53(85)42-23-18-28-75(42)58(90)40(22-17-27-65-60(63)64)68-49(81)37(62)30-76/h12-14,19-20,31-35,37-42,44-48,76-78H,9-11,15-18,21-30,61-62H2,1-8H3,(H,66,82)(H,67,88)(H,68,81)(H,69,86)(H,70,84)(H,71,89)(H,72,87)(H,73,83)(H,74,85)(H,79,80)(H,91,92)(H4,63,64,65)/t31-,32+,33-,34+,35+,37+,38+,39+,40+,41+,42-,44+,45-,46-,47+,48+/m0/s1. The number of guanidine groups is 1. The summed E-state index contributed by atoms with van der Waals surface area (Å²) < 4.78 is 0. The lowest BCUT2D eigenvalue weighted by Crippen LogP contribution is -2.63. The molecule has 1 aliphatic rings. The van der Waals surface area contributed by atoms with Gasteiger partial charge in [0.15, 0.2) is 5.96 Å². The third-order valence-corrected chi connectivity index (χ3v) is 16.2. The second kappa shape index (κ2) is 40.7. The lowest BCUT2D eigenvalue weighted by atomic mass is 9.94. The number of aliphatic carboxylic acids is 2. The number of amides is 10. The van der Waals surface area contributed by atoms with Gasteiger partial charge in [0.25, 0.3) is 0 Å². The van der Waals surface area contributed by atoms with Gasteiger partial charge < -0.3 is 101 Å². The lowest BCUT2D eigenvalue weighted by molar-refractivity contribution is -0.144. The van der Waals surface area contributed by atoms with Gasteiger partial charge >= 0.3 is 11.9 Å². The van der Waals surface area contributed by atoms with E-state index in [1.54, 1.807) is 71.9 Å². The number of nitrogens with zero attached hydrogens (tertiary/aromatic N) is 2. The Morgan fingerprint density at radius 3 is 1.54 bits per heavy atom. The normalized spacial score (nSPS) is 17.8. The molecule has 1 saturated heterocycles. The van der Waals surface area contributed by atoms with Crippen LogP contribution in [-0.4, -0.2) is 212 Å². The zero-order chi connectivity index (χ0) is 69.5. The number of nitrogens with two attached hydrogens (primary N) is 4. The fourth-order valence-electron chi connectivity index (χ4n) is 9.92. The largest absolute Gasteiger partial charge is 0.481 e. The van der Waals surface area contributed by atoms with E-state index >= 15 is 0 Å². The fraction of sp³-hybridized carbons (Fsp3) is 0.683. The van der Waals surface area contributed by atoms with Gasteiger partial charge in [0.05, 0.1) is 18.8 Å². The van der Waals surface area contributed by atoms with Crippen LogP contribution in [0, 0.1) is 17.8 Å². The van der Waals surface area contributed by atoms with E-state index in [1.807, 2.05) is 0 Å². The Kier molecular flexibility index (Phi) is 35.4. The Hall–Kier alpha value is -8.07. The molecule has 10 amide bonds. The van der Waals surface area contributed by atoms with E-state index in [4.69, 9.17) is 22.9 Å². The number of aliphatic hydroxyl groups is 3. The first-order chi connectivity index (χ1) is 43.4. The summed E-state index contributed by atoms with van der Waals surface area (Å²) in [7, 11) is 0. The molecule has 518 valence electrons. The maximum atomic E-state index is 14.5. The number of carbonyl (C=O) groups excluding carboxylic acids is 10. The van der Waals surface area contributed by atoms with Crippen molar-refractivity contribution in [2.75, 3.05) is 26.2 Å². The molecule has 32 heteroatoms. The summed E-state index contributed by atoms with van der Waals surface area (Å²) in [5.41, 5.74) is 22.9. The predicted octanol–water partition coefficient (Wildman–Crippen LogP) is -4.07. The maximum absolute atomic E-state index is 14.5. The Labute approximate surface area is 536 Å².